The van der Waals surface area contributed by atoms with Crippen LogP contribution >= 0.6 is 7.82 Å². The summed E-state index contributed by atoms with van der Waals surface area (Å²) >= 11 is 0. The second-order valence-corrected chi connectivity index (χ2v) is 17.3. The maximum absolute atomic E-state index is 12.7. The van der Waals surface area contributed by atoms with Crippen LogP contribution in [0.25, 0.3) is 0 Å². The Morgan fingerprint density at radius 2 is 0.900 bits per heavy atom. The number of carbonyl (C=O) groups excluding carboxylic acids is 2. The zero-order valence-electron chi connectivity index (χ0n) is 37.8. The molecule has 60 heavy (non-hydrogen) atoms. The van der Waals surface area contributed by atoms with Gasteiger partial charge in [-0.05, 0) is 70.6 Å². The van der Waals surface area contributed by atoms with Gasteiger partial charge in [-0.1, -0.05) is 172 Å². The lowest BCUT2D eigenvalue weighted by Crippen LogP contribution is -2.34. The van der Waals surface area contributed by atoms with Crippen LogP contribution in [0.4, 0.5) is 0 Å². The number of unbranched alkanes of at least 4 members (excludes halogenated alkanes) is 22. The molecule has 0 saturated heterocycles. The molecule has 4 N–H and O–H groups in total. The number of allylic oxidation sites excluding steroid dienone is 8. The van der Waals surface area contributed by atoms with Crippen molar-refractivity contribution in [1.82, 2.24) is 0 Å². The van der Waals surface area contributed by atoms with Crippen molar-refractivity contribution in [3.05, 3.63) is 48.6 Å². The maximum atomic E-state index is 12.7. The van der Waals surface area contributed by atoms with Crippen molar-refractivity contribution in [1.29, 1.82) is 0 Å². The van der Waals surface area contributed by atoms with E-state index < -0.39 is 51.1 Å². The second kappa shape index (κ2) is 43.1. The SMILES string of the molecule is CCCCCCCC/C=C/C/C=C/C/C=C/CCCC(=O)OC[C@H](COP(=O)(O)OC[C@H](N)C(=O)O)OC(=O)CCCCCCCCCCC/C=C/CCCCCCCC. The number of carboxylic acids is 1. The fraction of sp³-hybridized carbons (Fsp3) is 0.771. The zero-order chi connectivity index (χ0) is 44.2. The average Bonchev–Trinajstić information content (AvgIpc) is 3.22. The molecule has 12 heteroatoms. The van der Waals surface area contributed by atoms with Crippen LogP contribution in [0.15, 0.2) is 48.6 Å². The number of ether oxygens (including phenoxy) is 2. The number of hydrogen-bond donors (Lipinski definition) is 3. The largest absolute Gasteiger partial charge is 0.480 e. The highest BCUT2D eigenvalue weighted by molar-refractivity contribution is 7.47. The van der Waals surface area contributed by atoms with Crippen LogP contribution < -0.4 is 5.73 Å². The van der Waals surface area contributed by atoms with Gasteiger partial charge >= 0.3 is 25.7 Å². The van der Waals surface area contributed by atoms with Gasteiger partial charge in [0.15, 0.2) is 6.10 Å². The van der Waals surface area contributed by atoms with Crippen LogP contribution in [0.1, 0.15) is 206 Å². The molecule has 0 heterocycles. The lowest BCUT2D eigenvalue weighted by atomic mass is 10.1. The normalized spacial score (nSPS) is 14.1. The first kappa shape index (κ1) is 57.4. The van der Waals surface area contributed by atoms with Gasteiger partial charge in [-0.2, -0.15) is 0 Å². The molecule has 0 amide bonds. The number of carbonyl (C=O) groups is 3. The van der Waals surface area contributed by atoms with Gasteiger partial charge in [0.25, 0.3) is 0 Å². The minimum atomic E-state index is -4.73. The third-order valence-electron chi connectivity index (χ3n) is 10.0. The predicted octanol–water partition coefficient (Wildman–Crippen LogP) is 13.0. The molecule has 3 atom stereocenters. The van der Waals surface area contributed by atoms with Crippen molar-refractivity contribution in [3.63, 3.8) is 0 Å². The Morgan fingerprint density at radius 1 is 0.517 bits per heavy atom. The number of phosphoric ester groups is 1. The number of aliphatic carboxylic acids is 1. The quantitative estimate of drug-likeness (QED) is 0.0230. The maximum Gasteiger partial charge on any atom is 0.472 e. The fourth-order valence-corrected chi connectivity index (χ4v) is 7.09. The topological polar surface area (TPSA) is 172 Å². The number of hydrogen-bond acceptors (Lipinski definition) is 9. The smallest absolute Gasteiger partial charge is 0.472 e. The van der Waals surface area contributed by atoms with Gasteiger partial charge < -0.3 is 25.2 Å². The second-order valence-electron chi connectivity index (χ2n) is 15.9. The lowest BCUT2D eigenvalue weighted by Gasteiger charge is -2.20. The Bertz CT molecular complexity index is 1200. The molecule has 0 aromatic rings. The van der Waals surface area contributed by atoms with E-state index >= 15 is 0 Å². The average molecular weight is 868 g/mol. The van der Waals surface area contributed by atoms with Crippen molar-refractivity contribution in [3.8, 4) is 0 Å². The summed E-state index contributed by atoms with van der Waals surface area (Å²) in [6, 6.07) is -1.53. The van der Waals surface area contributed by atoms with E-state index in [4.69, 9.17) is 24.8 Å². The molecule has 0 aliphatic carbocycles. The van der Waals surface area contributed by atoms with Crippen LogP contribution in [0.2, 0.25) is 0 Å². The molecular weight excluding hydrogens is 781 g/mol. The van der Waals surface area contributed by atoms with E-state index in [-0.39, 0.29) is 19.4 Å². The van der Waals surface area contributed by atoms with Crippen molar-refractivity contribution in [2.24, 2.45) is 5.73 Å². The lowest BCUT2D eigenvalue weighted by molar-refractivity contribution is -0.161. The Labute approximate surface area is 365 Å². The zero-order valence-corrected chi connectivity index (χ0v) is 38.7. The Morgan fingerprint density at radius 3 is 1.38 bits per heavy atom. The highest BCUT2D eigenvalue weighted by Gasteiger charge is 2.28. The summed E-state index contributed by atoms with van der Waals surface area (Å²) in [6.45, 7) is 2.75. The van der Waals surface area contributed by atoms with Gasteiger partial charge in [0.2, 0.25) is 0 Å². The molecule has 1 unspecified atom stereocenters. The van der Waals surface area contributed by atoms with E-state index in [0.29, 0.717) is 19.3 Å². The monoisotopic (exact) mass is 868 g/mol. The summed E-state index contributed by atoms with van der Waals surface area (Å²) in [6.07, 6.45) is 48.9. The molecule has 0 saturated carbocycles. The highest BCUT2D eigenvalue weighted by atomic mass is 31.2. The minimum absolute atomic E-state index is 0.148. The first-order valence-electron chi connectivity index (χ1n) is 23.7. The summed E-state index contributed by atoms with van der Waals surface area (Å²) in [5.41, 5.74) is 5.34. The van der Waals surface area contributed by atoms with E-state index in [1.54, 1.807) is 0 Å². The molecule has 0 aromatic heterocycles. The summed E-state index contributed by atoms with van der Waals surface area (Å²) in [7, 11) is -4.73. The van der Waals surface area contributed by atoms with Crippen LogP contribution in [0, 0.1) is 0 Å². The molecule has 348 valence electrons. The third-order valence-corrected chi connectivity index (χ3v) is 11.0. The number of phosphoric acid groups is 1. The molecule has 0 bridgehead atoms. The van der Waals surface area contributed by atoms with E-state index in [2.05, 4.69) is 60.9 Å². The minimum Gasteiger partial charge on any atom is -0.480 e. The number of esters is 2. The molecule has 11 nitrogen and oxygen atoms in total. The van der Waals surface area contributed by atoms with Crippen LogP contribution in [0.5, 0.6) is 0 Å². The van der Waals surface area contributed by atoms with Crippen molar-refractivity contribution in [2.75, 3.05) is 19.8 Å². The van der Waals surface area contributed by atoms with Crippen molar-refractivity contribution < 1.29 is 47.5 Å². The van der Waals surface area contributed by atoms with E-state index in [1.807, 2.05) is 6.08 Å². The van der Waals surface area contributed by atoms with Gasteiger partial charge in [-0.25, -0.2) is 4.57 Å². The van der Waals surface area contributed by atoms with E-state index in [9.17, 15) is 23.8 Å². The van der Waals surface area contributed by atoms with Crippen molar-refractivity contribution >= 4 is 25.7 Å². The molecule has 0 aliphatic rings. The van der Waals surface area contributed by atoms with Crippen LogP contribution in [0.3, 0.4) is 0 Å². The summed E-state index contributed by atoms with van der Waals surface area (Å²) in [5, 5.41) is 8.90. The third kappa shape index (κ3) is 42.1. The summed E-state index contributed by atoms with van der Waals surface area (Å²) in [4.78, 5) is 46.0. The standard InChI is InChI=1S/C48H86NO10P/c1-3-5-7-9-11-13-15-17-19-21-22-24-26-28-30-32-34-36-38-40-47(51)59-44(42-57-60(54,55)58-43-45(49)48(52)53)41-56-46(50)39-37-35-33-31-29-27-25-23-20-18-16-14-12-10-8-6-4-2/h17-20,25,27,31,33,44-45H,3-16,21-24,26,28-30,32,34-43,49H2,1-2H3,(H,52,53)(H,54,55)/b19-17+,20-18+,27-25+,33-31+/t44-,45+/m1/s1. The van der Waals surface area contributed by atoms with Gasteiger partial charge in [-0.3, -0.25) is 23.4 Å². The van der Waals surface area contributed by atoms with Crippen molar-refractivity contribution in [2.45, 2.75) is 219 Å². The first-order chi connectivity index (χ1) is 29.1. The fourth-order valence-electron chi connectivity index (χ4n) is 6.31. The van der Waals surface area contributed by atoms with Gasteiger partial charge in [0.1, 0.15) is 12.6 Å². The summed E-state index contributed by atoms with van der Waals surface area (Å²) < 4.78 is 32.7. The molecule has 0 aromatic carbocycles. The molecule has 0 rings (SSSR count). The number of nitrogens with two attached hydrogens (primary N) is 1. The van der Waals surface area contributed by atoms with Gasteiger partial charge in [0, 0.05) is 12.8 Å². The Kier molecular flexibility index (Phi) is 41.3. The Hall–Kier alpha value is -2.56. The van der Waals surface area contributed by atoms with Crippen LogP contribution in [-0.2, 0) is 37.5 Å². The van der Waals surface area contributed by atoms with E-state index in [1.165, 1.54) is 122 Å². The highest BCUT2D eigenvalue weighted by Crippen LogP contribution is 2.43. The van der Waals surface area contributed by atoms with Crippen LogP contribution in [-0.4, -0.2) is 59.9 Å². The molecule has 0 aliphatic heterocycles. The molecule has 0 spiro atoms. The molecule has 0 radical (unpaired) electrons. The van der Waals surface area contributed by atoms with Gasteiger partial charge in [-0.15, -0.1) is 0 Å². The number of rotatable bonds is 44. The Balaban J connectivity index is 4.38. The predicted molar refractivity (Wildman–Crippen MR) is 245 cm³/mol. The van der Waals surface area contributed by atoms with E-state index in [0.717, 1.165) is 38.5 Å². The molecule has 0 fully saturated rings. The summed E-state index contributed by atoms with van der Waals surface area (Å²) in [5.74, 6) is -2.44. The molecular formula is C48H86NO10P. The number of carboxylic acid groups (broad SMARTS) is 1. The van der Waals surface area contributed by atoms with Gasteiger partial charge in [0.05, 0.1) is 13.2 Å². The first-order valence-corrected chi connectivity index (χ1v) is 25.2.